The lowest BCUT2D eigenvalue weighted by atomic mass is 9.86. The quantitative estimate of drug-likeness (QED) is 0.332. The van der Waals surface area contributed by atoms with E-state index in [1.807, 2.05) is 0 Å². The third-order valence-corrected chi connectivity index (χ3v) is 7.98. The Bertz CT molecular complexity index is 1230. The topological polar surface area (TPSA) is 50.8 Å². The van der Waals surface area contributed by atoms with Gasteiger partial charge in [0.15, 0.2) is 0 Å². The molecule has 1 N–H and O–H groups in total. The van der Waals surface area contributed by atoms with Crippen LogP contribution in [-0.2, 0) is 21.8 Å². The van der Waals surface area contributed by atoms with Gasteiger partial charge in [0.2, 0.25) is 0 Å². The Kier molecular flexibility index (Phi) is 9.71. The van der Waals surface area contributed by atoms with Gasteiger partial charge in [-0.1, -0.05) is 12.1 Å². The monoisotopic (exact) mass is 618 g/mol. The second-order valence-electron chi connectivity index (χ2n) is 12.4. The summed E-state index contributed by atoms with van der Waals surface area (Å²) in [5, 5.41) is 2.92. The first-order chi connectivity index (χ1) is 19.9. The van der Waals surface area contributed by atoms with Crippen LogP contribution in [0.4, 0.5) is 35.5 Å². The number of piperidine rings is 1. The maximum Gasteiger partial charge on any atom is 0.416 e. The highest BCUT2D eigenvalue weighted by Crippen LogP contribution is 2.40. The molecule has 5 nitrogen and oxygen atoms in total. The molecule has 4 rings (SSSR count). The molecule has 0 aromatic heterocycles. The molecule has 0 radical (unpaired) electrons. The van der Waals surface area contributed by atoms with E-state index < -0.39 is 53.2 Å². The maximum atomic E-state index is 13.8. The van der Waals surface area contributed by atoms with Crippen LogP contribution in [0.3, 0.4) is 0 Å². The van der Waals surface area contributed by atoms with Crippen molar-refractivity contribution in [2.75, 3.05) is 13.1 Å². The lowest BCUT2D eigenvalue weighted by Crippen LogP contribution is -2.47. The van der Waals surface area contributed by atoms with Crippen LogP contribution in [-0.4, -0.2) is 47.9 Å². The third-order valence-electron chi connectivity index (χ3n) is 7.98. The summed E-state index contributed by atoms with van der Waals surface area (Å²) in [6.45, 7) is 7.87. The van der Waals surface area contributed by atoms with Crippen molar-refractivity contribution in [3.8, 4) is 0 Å². The zero-order valence-electron chi connectivity index (χ0n) is 24.5. The molecule has 5 atom stereocenters. The van der Waals surface area contributed by atoms with E-state index in [0.29, 0.717) is 38.1 Å². The molecule has 1 heterocycles. The zero-order valence-corrected chi connectivity index (χ0v) is 24.5. The van der Waals surface area contributed by atoms with Crippen LogP contribution < -0.4 is 5.32 Å². The summed E-state index contributed by atoms with van der Waals surface area (Å²) in [7, 11) is 0. The predicted molar refractivity (Wildman–Crippen MR) is 146 cm³/mol. The van der Waals surface area contributed by atoms with Gasteiger partial charge in [-0.2, -0.15) is 26.3 Å². The number of benzene rings is 2. The van der Waals surface area contributed by atoms with Gasteiger partial charge in [-0.25, -0.2) is 9.18 Å². The molecule has 2 aliphatic rings. The number of halogens is 7. The van der Waals surface area contributed by atoms with Gasteiger partial charge in [-0.3, -0.25) is 4.90 Å². The van der Waals surface area contributed by atoms with E-state index in [2.05, 4.69) is 10.2 Å². The second-order valence-corrected chi connectivity index (χ2v) is 12.4. The molecule has 1 saturated heterocycles. The summed E-state index contributed by atoms with van der Waals surface area (Å²) in [5.74, 6) is -0.750. The molecule has 1 aliphatic heterocycles. The first-order valence-electron chi connectivity index (χ1n) is 14.3. The molecule has 2 fully saturated rings. The average Bonchev–Trinajstić information content (AvgIpc) is 3.35. The number of rotatable bonds is 6. The molecule has 2 aromatic rings. The molecule has 238 valence electrons. The van der Waals surface area contributed by atoms with Gasteiger partial charge in [-0.05, 0) is 94.8 Å². The van der Waals surface area contributed by atoms with E-state index in [0.717, 1.165) is 18.4 Å². The van der Waals surface area contributed by atoms with Crippen molar-refractivity contribution in [3.63, 3.8) is 0 Å². The van der Waals surface area contributed by atoms with Crippen LogP contribution in [0, 0.1) is 5.82 Å². The predicted octanol–water partition coefficient (Wildman–Crippen LogP) is 8.24. The third kappa shape index (κ3) is 8.84. The number of ether oxygens (including phenoxy) is 2. The maximum absolute atomic E-state index is 13.8. The lowest BCUT2D eigenvalue weighted by Gasteiger charge is -2.42. The van der Waals surface area contributed by atoms with E-state index in [1.165, 1.54) is 19.1 Å². The first-order valence-corrected chi connectivity index (χ1v) is 14.3. The summed E-state index contributed by atoms with van der Waals surface area (Å²) in [4.78, 5) is 14.5. The smallest absolute Gasteiger partial charge is 0.416 e. The molecule has 0 spiro atoms. The van der Waals surface area contributed by atoms with E-state index in [1.54, 1.807) is 32.9 Å². The normalized spacial score (nSPS) is 24.5. The van der Waals surface area contributed by atoms with Gasteiger partial charge in [0.05, 0.1) is 23.3 Å². The number of amides is 1. The minimum absolute atomic E-state index is 0.0677. The zero-order chi connectivity index (χ0) is 31.7. The summed E-state index contributed by atoms with van der Waals surface area (Å²) >= 11 is 0. The fourth-order valence-electron chi connectivity index (χ4n) is 5.93. The van der Waals surface area contributed by atoms with Crippen LogP contribution in [0.2, 0.25) is 0 Å². The van der Waals surface area contributed by atoms with E-state index in [-0.39, 0.29) is 29.6 Å². The number of nitrogens with zero attached hydrogens (tertiary/aromatic N) is 1. The van der Waals surface area contributed by atoms with Crippen molar-refractivity contribution in [1.29, 1.82) is 0 Å². The van der Waals surface area contributed by atoms with Crippen molar-refractivity contribution >= 4 is 6.09 Å². The molecule has 1 unspecified atom stereocenters. The number of hydrogen-bond donors (Lipinski definition) is 1. The van der Waals surface area contributed by atoms with E-state index in [4.69, 9.17) is 9.47 Å². The van der Waals surface area contributed by atoms with Gasteiger partial charge in [0, 0.05) is 31.1 Å². The molecular weight excluding hydrogens is 581 g/mol. The van der Waals surface area contributed by atoms with Gasteiger partial charge >= 0.3 is 18.4 Å². The first kappa shape index (κ1) is 33.0. The lowest BCUT2D eigenvalue weighted by molar-refractivity contribution is -0.143. The average molecular weight is 619 g/mol. The SMILES string of the molecule is C[C@@H](O[C@H]1CCN(C2CC[C@H](NC(=O)OC(C)(C)C)C2)C[C@@H]1c1ccc(F)cc1)c1cc(C(F)(F)F)cc(C(F)(F)F)c1. The van der Waals surface area contributed by atoms with Crippen LogP contribution >= 0.6 is 0 Å². The summed E-state index contributed by atoms with van der Waals surface area (Å²) < 4.78 is 106. The minimum Gasteiger partial charge on any atom is -0.444 e. The van der Waals surface area contributed by atoms with Crippen molar-refractivity contribution in [2.24, 2.45) is 0 Å². The van der Waals surface area contributed by atoms with Gasteiger partial charge in [0.1, 0.15) is 11.4 Å². The number of alkyl halides is 6. The molecular formula is C31H37F7N2O3. The van der Waals surface area contributed by atoms with Crippen LogP contribution in [0.25, 0.3) is 0 Å². The number of nitrogens with one attached hydrogen (secondary N) is 1. The molecule has 1 aliphatic carbocycles. The number of alkyl carbamates (subject to hydrolysis) is 1. The Labute approximate surface area is 246 Å². The van der Waals surface area contributed by atoms with E-state index in [9.17, 15) is 35.5 Å². The van der Waals surface area contributed by atoms with Crippen molar-refractivity contribution in [1.82, 2.24) is 10.2 Å². The van der Waals surface area contributed by atoms with E-state index >= 15 is 0 Å². The fourth-order valence-corrected chi connectivity index (χ4v) is 5.93. The number of carbonyl (C=O) groups excluding carboxylic acids is 1. The van der Waals surface area contributed by atoms with Gasteiger partial charge in [-0.15, -0.1) is 0 Å². The molecule has 43 heavy (non-hydrogen) atoms. The van der Waals surface area contributed by atoms with Gasteiger partial charge < -0.3 is 14.8 Å². The highest BCUT2D eigenvalue weighted by molar-refractivity contribution is 5.68. The summed E-state index contributed by atoms with van der Waals surface area (Å²) in [5.41, 5.74) is -2.88. The Morgan fingerprint density at radius 1 is 0.930 bits per heavy atom. The van der Waals surface area contributed by atoms with Gasteiger partial charge in [0.25, 0.3) is 0 Å². The van der Waals surface area contributed by atoms with Crippen LogP contribution in [0.1, 0.15) is 87.7 Å². The molecule has 1 saturated carbocycles. The number of likely N-dealkylation sites (tertiary alicyclic amines) is 1. The van der Waals surface area contributed by atoms with Crippen molar-refractivity contribution in [3.05, 3.63) is 70.5 Å². The highest BCUT2D eigenvalue weighted by atomic mass is 19.4. The van der Waals surface area contributed by atoms with Crippen molar-refractivity contribution < 1.29 is 45.0 Å². The standard InChI is InChI=1S/C31H37F7N2O3/c1-18(20-13-21(30(33,34)35)15-22(14-20)31(36,37)38)42-27-11-12-40(17-26(27)19-5-7-23(32)8-6-19)25-10-9-24(16-25)39-28(41)43-29(2,3)4/h5-8,13-15,18,24-27H,9-12,16-17H2,1-4H3,(H,39,41)/t18-,24+,25?,26-,27+/m1/s1. The minimum atomic E-state index is -4.96. The summed E-state index contributed by atoms with van der Waals surface area (Å²) in [6, 6.07) is 7.43. The molecule has 0 bridgehead atoms. The van der Waals surface area contributed by atoms with Crippen LogP contribution in [0.5, 0.6) is 0 Å². The van der Waals surface area contributed by atoms with Crippen molar-refractivity contribution in [2.45, 2.75) is 102 Å². The Balaban J connectivity index is 1.51. The largest absolute Gasteiger partial charge is 0.444 e. The molecule has 1 amide bonds. The molecule has 2 aromatic carbocycles. The fraction of sp³-hybridized carbons (Fsp3) is 0.581. The van der Waals surface area contributed by atoms with Crippen LogP contribution in [0.15, 0.2) is 42.5 Å². The number of hydrogen-bond acceptors (Lipinski definition) is 4. The Morgan fingerprint density at radius 3 is 2.09 bits per heavy atom. The highest BCUT2D eigenvalue weighted by Gasteiger charge is 2.40. The summed E-state index contributed by atoms with van der Waals surface area (Å²) in [6.07, 6.45) is -9.29. The second kappa shape index (κ2) is 12.6. The molecule has 12 heteroatoms. The Hall–Kier alpha value is -2.86. The Morgan fingerprint density at radius 2 is 1.53 bits per heavy atom. The number of carbonyl (C=O) groups is 1.